The van der Waals surface area contributed by atoms with Gasteiger partial charge in [-0.3, -0.25) is 0 Å². The van der Waals surface area contributed by atoms with Gasteiger partial charge in [0.2, 0.25) is 0 Å². The number of hydrogen-bond donors (Lipinski definition) is 0. The number of ether oxygens (including phenoxy) is 2. The first-order valence-corrected chi connectivity index (χ1v) is 12.6. The molecule has 4 heteroatoms. The van der Waals surface area contributed by atoms with Crippen molar-refractivity contribution in [1.82, 2.24) is 0 Å². The van der Waals surface area contributed by atoms with Crippen LogP contribution in [0.3, 0.4) is 0 Å². The predicted molar refractivity (Wildman–Crippen MR) is 119 cm³/mol. The van der Waals surface area contributed by atoms with Crippen molar-refractivity contribution in [2.75, 3.05) is 7.11 Å². The molecule has 0 amide bonds. The van der Waals surface area contributed by atoms with Gasteiger partial charge < -0.3 is 0 Å². The van der Waals surface area contributed by atoms with Crippen molar-refractivity contribution >= 4 is 49.4 Å². The van der Waals surface area contributed by atoms with E-state index in [1.54, 1.807) is 7.11 Å². The Labute approximate surface area is 179 Å². The van der Waals surface area contributed by atoms with Crippen LogP contribution in [-0.2, 0) is 0 Å². The molecular weight excluding hydrogens is 478 g/mol. The van der Waals surface area contributed by atoms with Crippen molar-refractivity contribution in [2.45, 2.75) is 19.4 Å². The van der Waals surface area contributed by atoms with E-state index in [1.807, 2.05) is 0 Å². The van der Waals surface area contributed by atoms with E-state index in [9.17, 15) is 0 Å². The summed E-state index contributed by atoms with van der Waals surface area (Å²) < 4.78 is 17.4. The van der Waals surface area contributed by atoms with Crippen molar-refractivity contribution in [3.05, 3.63) is 82.8 Å². The summed E-state index contributed by atoms with van der Waals surface area (Å²) in [7, 11) is 1.74. The van der Waals surface area contributed by atoms with Gasteiger partial charge in [0.15, 0.2) is 0 Å². The number of benzene rings is 3. The second-order valence-electron chi connectivity index (χ2n) is 6.99. The van der Waals surface area contributed by atoms with E-state index in [0.717, 1.165) is 17.1 Å². The minimum atomic E-state index is -0.320. The molecule has 0 bridgehead atoms. The van der Waals surface area contributed by atoms with Crippen LogP contribution in [0.25, 0.3) is 6.08 Å². The van der Waals surface area contributed by atoms with Crippen LogP contribution in [0.5, 0.6) is 11.5 Å². The molecule has 0 aliphatic carbocycles. The van der Waals surface area contributed by atoms with E-state index in [2.05, 4.69) is 92.7 Å². The number of methoxy groups -OCH3 is 1. The van der Waals surface area contributed by atoms with E-state index in [-0.39, 0.29) is 35.5 Å². The standard InChI is InChI=1S/C24H22O2Se2/c1-24(2)23(28-19-12-8-5-9-13-19)15-17-14-22(21(25-3)16-20(17)26-24)27-18-10-6-4-7-11-18/h4-16H,1-3H3. The molecular formula is C24H22O2Se2. The number of rotatable bonds is 5. The average Bonchev–Trinajstić information content (AvgIpc) is 2.70. The van der Waals surface area contributed by atoms with Gasteiger partial charge in [-0.25, -0.2) is 0 Å². The van der Waals surface area contributed by atoms with Gasteiger partial charge in [-0.15, -0.1) is 0 Å². The molecule has 142 valence electrons. The summed E-state index contributed by atoms with van der Waals surface area (Å²) >= 11 is 0.417. The number of hydrogen-bond acceptors (Lipinski definition) is 2. The molecule has 1 aliphatic heterocycles. The molecule has 0 saturated heterocycles. The number of fused-ring (bicyclic) bond motifs is 1. The third-order valence-electron chi connectivity index (χ3n) is 4.48. The Morgan fingerprint density at radius 3 is 2.04 bits per heavy atom. The molecule has 1 aliphatic rings. The van der Waals surface area contributed by atoms with Gasteiger partial charge in [0.05, 0.1) is 0 Å². The van der Waals surface area contributed by atoms with Crippen LogP contribution in [0.2, 0.25) is 0 Å². The summed E-state index contributed by atoms with van der Waals surface area (Å²) in [6.45, 7) is 4.31. The third kappa shape index (κ3) is 4.21. The van der Waals surface area contributed by atoms with Gasteiger partial charge in [0.25, 0.3) is 0 Å². The Kier molecular flexibility index (Phi) is 5.66. The zero-order valence-corrected chi connectivity index (χ0v) is 19.6. The molecule has 2 nitrogen and oxygen atoms in total. The second-order valence-corrected chi connectivity index (χ2v) is 11.7. The van der Waals surface area contributed by atoms with Crippen molar-refractivity contribution in [2.24, 2.45) is 0 Å². The van der Waals surface area contributed by atoms with E-state index in [4.69, 9.17) is 9.47 Å². The maximum absolute atomic E-state index is 6.43. The van der Waals surface area contributed by atoms with Crippen LogP contribution in [0.4, 0.5) is 0 Å². The first-order chi connectivity index (χ1) is 13.5. The molecule has 3 aromatic rings. The van der Waals surface area contributed by atoms with Crippen LogP contribution in [0, 0.1) is 0 Å². The monoisotopic (exact) mass is 502 g/mol. The fourth-order valence-corrected chi connectivity index (χ4v) is 7.21. The van der Waals surface area contributed by atoms with Gasteiger partial charge in [0, 0.05) is 0 Å². The van der Waals surface area contributed by atoms with Crippen molar-refractivity contribution < 1.29 is 9.47 Å². The SMILES string of the molecule is COc1cc2c(cc1[Se]c1ccccc1)C=C([Se]c1ccccc1)C(C)(C)O2. The topological polar surface area (TPSA) is 18.5 Å². The minimum absolute atomic E-state index is 0.188. The Hall–Kier alpha value is -1.96. The summed E-state index contributed by atoms with van der Waals surface area (Å²) in [6, 6.07) is 25.6. The van der Waals surface area contributed by atoms with Gasteiger partial charge >= 0.3 is 180 Å². The fourth-order valence-electron chi connectivity index (χ4n) is 3.02. The van der Waals surface area contributed by atoms with Gasteiger partial charge in [-0.2, -0.15) is 0 Å². The van der Waals surface area contributed by atoms with Crippen LogP contribution in [0.1, 0.15) is 19.4 Å². The van der Waals surface area contributed by atoms with Gasteiger partial charge in [-0.1, -0.05) is 0 Å². The normalized spacial score (nSPS) is 14.6. The summed E-state index contributed by atoms with van der Waals surface area (Å²) in [6.07, 6.45) is 2.33. The quantitative estimate of drug-likeness (QED) is 0.502. The Morgan fingerprint density at radius 2 is 1.43 bits per heavy atom. The Balaban J connectivity index is 1.72. The van der Waals surface area contributed by atoms with Crippen LogP contribution in [-0.4, -0.2) is 42.6 Å². The van der Waals surface area contributed by atoms with E-state index in [1.165, 1.54) is 17.9 Å². The first-order valence-electron chi connectivity index (χ1n) is 9.14. The van der Waals surface area contributed by atoms with Crippen molar-refractivity contribution in [3.63, 3.8) is 0 Å². The molecule has 0 spiro atoms. The summed E-state index contributed by atoms with van der Waals surface area (Å²) in [4.78, 5) is 0. The van der Waals surface area contributed by atoms with Gasteiger partial charge in [0.1, 0.15) is 0 Å². The summed E-state index contributed by atoms with van der Waals surface area (Å²) in [5.41, 5.74) is 0.834. The zero-order chi connectivity index (χ0) is 19.6. The molecule has 0 radical (unpaired) electrons. The van der Waals surface area contributed by atoms with Crippen LogP contribution in [0.15, 0.2) is 77.3 Å². The van der Waals surface area contributed by atoms with E-state index >= 15 is 0 Å². The molecule has 28 heavy (non-hydrogen) atoms. The second kappa shape index (κ2) is 8.19. The predicted octanol–water partition coefficient (Wildman–Crippen LogP) is 2.89. The van der Waals surface area contributed by atoms with Gasteiger partial charge in [-0.05, 0) is 0 Å². The maximum atomic E-state index is 6.43. The average molecular weight is 500 g/mol. The summed E-state index contributed by atoms with van der Waals surface area (Å²) in [5, 5.41) is 0. The third-order valence-corrected chi connectivity index (χ3v) is 9.49. The zero-order valence-electron chi connectivity index (χ0n) is 16.1. The molecule has 1 heterocycles. The van der Waals surface area contributed by atoms with Crippen molar-refractivity contribution in [1.29, 1.82) is 0 Å². The molecule has 0 saturated carbocycles. The molecule has 0 unspecified atom stereocenters. The van der Waals surface area contributed by atoms with Crippen LogP contribution >= 0.6 is 0 Å². The Morgan fingerprint density at radius 1 is 0.821 bits per heavy atom. The fraction of sp³-hybridized carbons (Fsp3) is 0.167. The molecule has 3 aromatic carbocycles. The molecule has 0 atom stereocenters. The van der Waals surface area contributed by atoms with E-state index in [0.29, 0.717) is 0 Å². The van der Waals surface area contributed by atoms with E-state index < -0.39 is 0 Å². The molecule has 0 fully saturated rings. The van der Waals surface area contributed by atoms with Crippen molar-refractivity contribution in [3.8, 4) is 11.5 Å². The molecule has 4 rings (SSSR count). The van der Waals surface area contributed by atoms with Crippen LogP contribution < -0.4 is 22.9 Å². The first kappa shape index (κ1) is 19.4. The Bertz CT molecular complexity index is 996. The molecule has 0 N–H and O–H groups in total. The summed E-state index contributed by atoms with van der Waals surface area (Å²) in [5.74, 6) is 1.81. The molecule has 0 aromatic heterocycles.